The topological polar surface area (TPSA) is 42.7 Å². The van der Waals surface area contributed by atoms with Crippen molar-refractivity contribution in [3.8, 4) is 0 Å². The molecule has 1 aromatic heterocycles. The lowest BCUT2D eigenvalue weighted by molar-refractivity contribution is 0.257. The first-order valence-electron chi connectivity index (χ1n) is 6.52. The Morgan fingerprint density at radius 2 is 2.25 bits per heavy atom. The van der Waals surface area contributed by atoms with Gasteiger partial charge in [-0.1, -0.05) is 11.6 Å². The van der Waals surface area contributed by atoms with Gasteiger partial charge in [0.2, 0.25) is 0 Å². The summed E-state index contributed by atoms with van der Waals surface area (Å²) in [6.07, 6.45) is 8.69. The normalized spacial score (nSPS) is 26.6. The maximum atomic E-state index is 4.25. The molecule has 4 heteroatoms. The van der Waals surface area contributed by atoms with Gasteiger partial charge in [0.1, 0.15) is 0 Å². The molecule has 2 fully saturated rings. The minimum absolute atomic E-state index is 0.629. The van der Waals surface area contributed by atoms with E-state index < -0.39 is 0 Å². The van der Waals surface area contributed by atoms with Crippen molar-refractivity contribution >= 4 is 0 Å². The van der Waals surface area contributed by atoms with Crippen LogP contribution in [-0.2, 0) is 6.54 Å². The lowest BCUT2D eigenvalue weighted by Gasteiger charge is -2.28. The highest BCUT2D eigenvalue weighted by Gasteiger charge is 2.23. The Hall–Kier alpha value is -0.900. The summed E-state index contributed by atoms with van der Waals surface area (Å²) in [5.74, 6) is 1.49. The van der Waals surface area contributed by atoms with E-state index in [-0.39, 0.29) is 0 Å². The minimum atomic E-state index is 0.629. The third-order valence-electron chi connectivity index (χ3n) is 4.02. The average Bonchev–Trinajstić information content (AvgIpc) is 2.73. The molecule has 0 aromatic carbocycles. The van der Waals surface area contributed by atoms with E-state index in [1.165, 1.54) is 44.3 Å². The molecule has 16 heavy (non-hydrogen) atoms. The summed E-state index contributed by atoms with van der Waals surface area (Å²) in [6, 6.07) is 0. The number of piperidine rings is 1. The van der Waals surface area contributed by atoms with Gasteiger partial charge in [0.05, 0.1) is 11.9 Å². The van der Waals surface area contributed by atoms with Crippen molar-refractivity contribution in [2.24, 2.45) is 5.92 Å². The van der Waals surface area contributed by atoms with Crippen LogP contribution >= 0.6 is 0 Å². The number of aromatic nitrogens is 3. The van der Waals surface area contributed by atoms with Gasteiger partial charge >= 0.3 is 0 Å². The second kappa shape index (κ2) is 4.53. The molecular formula is C12H20N4. The second-order valence-electron chi connectivity index (χ2n) is 5.18. The summed E-state index contributed by atoms with van der Waals surface area (Å²) in [6.45, 7) is 3.35. The van der Waals surface area contributed by atoms with Crippen LogP contribution in [0.1, 0.15) is 43.7 Å². The van der Waals surface area contributed by atoms with E-state index in [1.54, 1.807) is 0 Å². The standard InChI is InChI=1S/C12H20N4/c1-3-10(4-1)9-16-12(8-14-15-16)11-5-2-6-13-7-11/h8,10-11,13H,1-7,9H2. The summed E-state index contributed by atoms with van der Waals surface area (Å²) >= 11 is 0. The van der Waals surface area contributed by atoms with E-state index in [0.717, 1.165) is 19.0 Å². The predicted octanol–water partition coefficient (Wildman–Crippen LogP) is 1.55. The Bertz CT molecular complexity index is 337. The molecule has 3 rings (SSSR count). The first kappa shape index (κ1) is 10.3. The molecule has 1 aliphatic heterocycles. The van der Waals surface area contributed by atoms with Gasteiger partial charge in [-0.15, -0.1) is 5.10 Å². The van der Waals surface area contributed by atoms with Crippen LogP contribution in [0.15, 0.2) is 6.20 Å². The molecule has 0 bridgehead atoms. The van der Waals surface area contributed by atoms with Gasteiger partial charge in [0, 0.05) is 19.0 Å². The zero-order valence-corrected chi connectivity index (χ0v) is 9.73. The fraction of sp³-hybridized carbons (Fsp3) is 0.833. The van der Waals surface area contributed by atoms with Crippen LogP contribution < -0.4 is 5.32 Å². The first-order valence-corrected chi connectivity index (χ1v) is 6.52. The maximum Gasteiger partial charge on any atom is 0.0728 e. The molecular weight excluding hydrogens is 200 g/mol. The fourth-order valence-corrected chi connectivity index (χ4v) is 2.75. The van der Waals surface area contributed by atoms with Crippen LogP contribution in [0.5, 0.6) is 0 Å². The van der Waals surface area contributed by atoms with Crippen molar-refractivity contribution in [3.05, 3.63) is 11.9 Å². The van der Waals surface area contributed by atoms with Crippen molar-refractivity contribution < 1.29 is 0 Å². The number of nitrogens with zero attached hydrogens (tertiary/aromatic N) is 3. The highest BCUT2D eigenvalue weighted by atomic mass is 15.4. The summed E-state index contributed by atoms with van der Waals surface area (Å²) < 4.78 is 2.15. The smallest absolute Gasteiger partial charge is 0.0728 e. The minimum Gasteiger partial charge on any atom is -0.316 e. The zero-order valence-electron chi connectivity index (χ0n) is 9.73. The van der Waals surface area contributed by atoms with Gasteiger partial charge in [-0.2, -0.15) is 0 Å². The van der Waals surface area contributed by atoms with Crippen LogP contribution in [0, 0.1) is 5.92 Å². The third kappa shape index (κ3) is 1.98. The lowest BCUT2D eigenvalue weighted by atomic mass is 9.85. The molecule has 2 heterocycles. The molecule has 1 aromatic rings. The largest absolute Gasteiger partial charge is 0.316 e. The van der Waals surface area contributed by atoms with Gasteiger partial charge < -0.3 is 5.32 Å². The predicted molar refractivity (Wildman–Crippen MR) is 62.2 cm³/mol. The van der Waals surface area contributed by atoms with Crippen LogP contribution in [0.2, 0.25) is 0 Å². The monoisotopic (exact) mass is 220 g/mol. The van der Waals surface area contributed by atoms with E-state index >= 15 is 0 Å². The number of rotatable bonds is 3. The third-order valence-corrected chi connectivity index (χ3v) is 4.02. The highest BCUT2D eigenvalue weighted by Crippen LogP contribution is 2.29. The van der Waals surface area contributed by atoms with Gasteiger partial charge in [-0.3, -0.25) is 0 Å². The molecule has 4 nitrogen and oxygen atoms in total. The molecule has 1 N–H and O–H groups in total. The highest BCUT2D eigenvalue weighted by molar-refractivity contribution is 5.05. The molecule has 1 saturated heterocycles. The van der Waals surface area contributed by atoms with Crippen LogP contribution in [0.3, 0.4) is 0 Å². The molecule has 88 valence electrons. The first-order chi connectivity index (χ1) is 7.93. The molecule has 0 spiro atoms. The van der Waals surface area contributed by atoms with E-state index in [4.69, 9.17) is 0 Å². The Kier molecular flexibility index (Phi) is 2.91. The fourth-order valence-electron chi connectivity index (χ4n) is 2.75. The Labute approximate surface area is 96.4 Å². The Balaban J connectivity index is 1.70. The summed E-state index contributed by atoms with van der Waals surface area (Å²) in [5, 5.41) is 11.8. The molecule has 1 unspecified atom stereocenters. The second-order valence-corrected chi connectivity index (χ2v) is 5.18. The Morgan fingerprint density at radius 3 is 2.94 bits per heavy atom. The molecule has 0 radical (unpaired) electrons. The lowest BCUT2D eigenvalue weighted by Crippen LogP contribution is -2.30. The molecule has 1 aliphatic carbocycles. The number of nitrogens with one attached hydrogen (secondary N) is 1. The summed E-state index contributed by atoms with van der Waals surface area (Å²) in [7, 11) is 0. The van der Waals surface area contributed by atoms with Crippen molar-refractivity contribution in [1.82, 2.24) is 20.3 Å². The molecule has 1 atom stereocenters. The van der Waals surface area contributed by atoms with Crippen molar-refractivity contribution in [3.63, 3.8) is 0 Å². The summed E-state index contributed by atoms with van der Waals surface area (Å²) in [4.78, 5) is 0. The van der Waals surface area contributed by atoms with Crippen LogP contribution in [-0.4, -0.2) is 28.1 Å². The quantitative estimate of drug-likeness (QED) is 0.840. The van der Waals surface area contributed by atoms with Gasteiger partial charge in [0.15, 0.2) is 0 Å². The molecule has 2 aliphatic rings. The average molecular weight is 220 g/mol. The van der Waals surface area contributed by atoms with Gasteiger partial charge in [0.25, 0.3) is 0 Å². The van der Waals surface area contributed by atoms with Crippen molar-refractivity contribution in [1.29, 1.82) is 0 Å². The number of hydrogen-bond acceptors (Lipinski definition) is 3. The van der Waals surface area contributed by atoms with Crippen LogP contribution in [0.25, 0.3) is 0 Å². The van der Waals surface area contributed by atoms with Gasteiger partial charge in [-0.05, 0) is 38.1 Å². The van der Waals surface area contributed by atoms with Gasteiger partial charge in [-0.25, -0.2) is 4.68 Å². The molecule has 1 saturated carbocycles. The van der Waals surface area contributed by atoms with E-state index in [1.807, 2.05) is 6.20 Å². The summed E-state index contributed by atoms with van der Waals surface area (Å²) in [5.41, 5.74) is 1.35. The number of hydrogen-bond donors (Lipinski definition) is 1. The van der Waals surface area contributed by atoms with Crippen molar-refractivity contribution in [2.45, 2.75) is 44.6 Å². The SMILES string of the molecule is c1nnn(CC2CCC2)c1C1CCCNC1. The van der Waals surface area contributed by atoms with Crippen LogP contribution in [0.4, 0.5) is 0 Å². The maximum absolute atomic E-state index is 4.25. The van der Waals surface area contributed by atoms with E-state index in [9.17, 15) is 0 Å². The molecule has 0 amide bonds. The van der Waals surface area contributed by atoms with E-state index in [2.05, 4.69) is 20.3 Å². The zero-order chi connectivity index (χ0) is 10.8. The van der Waals surface area contributed by atoms with Crippen molar-refractivity contribution in [2.75, 3.05) is 13.1 Å². The van der Waals surface area contributed by atoms with E-state index in [0.29, 0.717) is 5.92 Å². The Morgan fingerprint density at radius 1 is 1.31 bits per heavy atom.